The Kier molecular flexibility index (Phi) is 11.0. The average Bonchev–Trinajstić information content (AvgIpc) is 2.57. The van der Waals surface area contributed by atoms with Gasteiger partial charge in [0.05, 0.1) is 0 Å². The standard InChI is InChI=1S/2C8H10NO2P/c2*10-12(11)7-9-6-8-4-2-1-3-5-8/h2*1-5,9H,6-7H2/p+2. The lowest BCUT2D eigenvalue weighted by atomic mass is 10.2. The fourth-order valence-electron chi connectivity index (χ4n) is 1.90. The predicted octanol–water partition coefficient (Wildman–Crippen LogP) is -0.380. The summed E-state index contributed by atoms with van der Waals surface area (Å²) in [5, 5.41) is 3.53. The number of nitrogens with two attached hydrogens (primary N) is 2. The summed E-state index contributed by atoms with van der Waals surface area (Å²) in [5.41, 5.74) is 2.30. The molecule has 2 unspecified atom stereocenters. The lowest BCUT2D eigenvalue weighted by Gasteiger charge is -1.96. The smallest absolute Gasteiger partial charge is 0.369 e. The van der Waals surface area contributed by atoms with E-state index in [1.54, 1.807) is 10.6 Å². The van der Waals surface area contributed by atoms with Crippen molar-refractivity contribution in [2.24, 2.45) is 0 Å². The molecule has 2 atom stereocenters. The van der Waals surface area contributed by atoms with E-state index in [4.69, 9.17) is 0 Å². The SMILES string of the molecule is O=[P+]([O-])C[NH2+]Cc1ccccc1.O=[P+]([O-])C[NH2+]Cc1ccccc1. The molecule has 0 aliphatic carbocycles. The fourth-order valence-corrected chi connectivity index (χ4v) is 2.58. The molecule has 2 aromatic rings. The van der Waals surface area contributed by atoms with E-state index in [1.807, 2.05) is 60.7 Å². The van der Waals surface area contributed by atoms with Gasteiger partial charge in [-0.2, -0.15) is 0 Å². The van der Waals surface area contributed by atoms with Gasteiger partial charge in [0.1, 0.15) is 13.1 Å². The van der Waals surface area contributed by atoms with Crippen LogP contribution in [0.4, 0.5) is 0 Å². The second-order valence-electron chi connectivity index (χ2n) is 4.99. The number of quaternary nitrogens is 2. The van der Waals surface area contributed by atoms with Gasteiger partial charge in [-0.1, -0.05) is 69.8 Å². The van der Waals surface area contributed by atoms with Crippen molar-refractivity contribution >= 4 is 16.1 Å². The van der Waals surface area contributed by atoms with Crippen molar-refractivity contribution in [1.82, 2.24) is 0 Å². The summed E-state index contributed by atoms with van der Waals surface area (Å²) >= 11 is 0. The summed E-state index contributed by atoms with van der Waals surface area (Å²) in [6.07, 6.45) is 0.342. The van der Waals surface area contributed by atoms with Crippen LogP contribution in [-0.2, 0) is 22.2 Å². The topological polar surface area (TPSA) is 113 Å². The van der Waals surface area contributed by atoms with Crippen LogP contribution in [0, 0.1) is 0 Å². The second-order valence-corrected chi connectivity index (χ2v) is 7.05. The third-order valence-electron chi connectivity index (χ3n) is 3.00. The number of rotatable bonds is 8. The van der Waals surface area contributed by atoms with E-state index in [0.717, 1.165) is 24.2 Å². The highest BCUT2D eigenvalue weighted by Crippen LogP contribution is 1.99. The molecule has 0 aliphatic rings. The highest BCUT2D eigenvalue weighted by atomic mass is 31.1. The zero-order valence-corrected chi connectivity index (χ0v) is 15.1. The van der Waals surface area contributed by atoms with Gasteiger partial charge in [0.25, 0.3) is 12.6 Å². The van der Waals surface area contributed by atoms with Crippen molar-refractivity contribution in [2.75, 3.05) is 12.6 Å². The molecule has 0 bridgehead atoms. The van der Waals surface area contributed by atoms with Gasteiger partial charge in [0, 0.05) is 11.1 Å². The molecule has 0 aliphatic heterocycles. The molecule has 0 spiro atoms. The highest BCUT2D eigenvalue weighted by molar-refractivity contribution is 7.36. The van der Waals surface area contributed by atoms with E-state index in [2.05, 4.69) is 0 Å². The molecule has 2 aromatic carbocycles. The summed E-state index contributed by atoms with van der Waals surface area (Å²) in [5.74, 6) is 0. The quantitative estimate of drug-likeness (QED) is 0.618. The van der Waals surface area contributed by atoms with Gasteiger partial charge < -0.3 is 20.4 Å². The van der Waals surface area contributed by atoms with E-state index in [9.17, 15) is 18.9 Å². The van der Waals surface area contributed by atoms with E-state index in [-0.39, 0.29) is 12.6 Å². The molecule has 0 saturated heterocycles. The third kappa shape index (κ3) is 11.1. The van der Waals surface area contributed by atoms with Gasteiger partial charge in [-0.05, 0) is 0 Å². The van der Waals surface area contributed by atoms with E-state index in [0.29, 0.717) is 0 Å². The minimum Gasteiger partial charge on any atom is -0.591 e. The summed E-state index contributed by atoms with van der Waals surface area (Å²) < 4.78 is 20.4. The molecule has 0 heterocycles. The normalized spacial score (nSPS) is 11.2. The van der Waals surface area contributed by atoms with Crippen molar-refractivity contribution in [1.29, 1.82) is 0 Å². The summed E-state index contributed by atoms with van der Waals surface area (Å²) in [4.78, 5) is 20.4. The van der Waals surface area contributed by atoms with Crippen LogP contribution in [0.1, 0.15) is 11.1 Å². The molecule has 128 valence electrons. The van der Waals surface area contributed by atoms with Crippen LogP contribution in [0.2, 0.25) is 0 Å². The Balaban J connectivity index is 0.000000240. The first-order valence-corrected chi connectivity index (χ1v) is 10.2. The zero-order chi connectivity index (χ0) is 17.6. The van der Waals surface area contributed by atoms with Crippen molar-refractivity contribution in [3.05, 3.63) is 71.8 Å². The lowest BCUT2D eigenvalue weighted by Crippen LogP contribution is -2.82. The molecular formula is C16H22N2O4P2+2. The molecule has 8 heteroatoms. The van der Waals surface area contributed by atoms with Crippen LogP contribution in [0.15, 0.2) is 60.7 Å². The third-order valence-corrected chi connectivity index (χ3v) is 4.11. The van der Waals surface area contributed by atoms with Crippen LogP contribution in [0.5, 0.6) is 0 Å². The Labute approximate surface area is 143 Å². The fraction of sp³-hybridized carbons (Fsp3) is 0.250. The summed E-state index contributed by atoms with van der Waals surface area (Å²) in [6, 6.07) is 19.6. The summed E-state index contributed by atoms with van der Waals surface area (Å²) in [6.45, 7) is 1.45. The van der Waals surface area contributed by atoms with Gasteiger partial charge in [-0.3, -0.25) is 0 Å². The maximum atomic E-state index is 10.2. The maximum Gasteiger partial charge on any atom is 0.369 e. The van der Waals surface area contributed by atoms with Crippen LogP contribution in [0.25, 0.3) is 0 Å². The largest absolute Gasteiger partial charge is 0.591 e. The Bertz CT molecular complexity index is 556. The summed E-state index contributed by atoms with van der Waals surface area (Å²) in [7, 11) is -4.50. The minimum absolute atomic E-state index is 0.171. The Morgan fingerprint density at radius 2 is 1.00 bits per heavy atom. The van der Waals surface area contributed by atoms with Gasteiger partial charge in [-0.15, -0.1) is 0 Å². The van der Waals surface area contributed by atoms with Crippen LogP contribution in [0.3, 0.4) is 0 Å². The van der Waals surface area contributed by atoms with Crippen LogP contribution < -0.4 is 20.4 Å². The van der Waals surface area contributed by atoms with Crippen molar-refractivity contribution in [3.8, 4) is 0 Å². The monoisotopic (exact) mass is 368 g/mol. The average molecular weight is 368 g/mol. The molecule has 0 radical (unpaired) electrons. The van der Waals surface area contributed by atoms with Crippen LogP contribution in [-0.4, -0.2) is 12.6 Å². The van der Waals surface area contributed by atoms with Crippen LogP contribution >= 0.6 is 16.1 Å². The van der Waals surface area contributed by atoms with Crippen molar-refractivity contribution in [3.63, 3.8) is 0 Å². The molecule has 0 amide bonds. The molecule has 24 heavy (non-hydrogen) atoms. The van der Waals surface area contributed by atoms with Crippen molar-refractivity contribution < 1.29 is 29.6 Å². The Hall–Kier alpha value is -1.52. The second kappa shape index (κ2) is 12.8. The lowest BCUT2D eigenvalue weighted by molar-refractivity contribution is -0.656. The molecule has 0 aromatic heterocycles. The number of benzene rings is 2. The molecular weight excluding hydrogens is 346 g/mol. The Morgan fingerprint density at radius 1 is 0.667 bits per heavy atom. The number of hydrogen-bond donors (Lipinski definition) is 2. The van der Waals surface area contributed by atoms with E-state index >= 15 is 0 Å². The first kappa shape index (κ1) is 20.5. The first-order chi connectivity index (χ1) is 11.6. The molecule has 2 rings (SSSR count). The van der Waals surface area contributed by atoms with Gasteiger partial charge in [0.2, 0.25) is 0 Å². The minimum atomic E-state index is -2.25. The molecule has 0 fully saturated rings. The highest BCUT2D eigenvalue weighted by Gasteiger charge is 2.02. The van der Waals surface area contributed by atoms with Gasteiger partial charge >= 0.3 is 16.1 Å². The van der Waals surface area contributed by atoms with Gasteiger partial charge in [-0.25, -0.2) is 0 Å². The Morgan fingerprint density at radius 3 is 1.29 bits per heavy atom. The maximum absolute atomic E-state index is 10.2. The van der Waals surface area contributed by atoms with E-state index < -0.39 is 16.1 Å². The number of hydrogen-bond acceptors (Lipinski definition) is 4. The molecule has 0 saturated carbocycles. The molecule has 6 nitrogen and oxygen atoms in total. The first-order valence-electron chi connectivity index (χ1n) is 7.52. The van der Waals surface area contributed by atoms with E-state index in [1.165, 1.54) is 0 Å². The predicted molar refractivity (Wildman–Crippen MR) is 89.1 cm³/mol. The zero-order valence-electron chi connectivity index (χ0n) is 13.3. The van der Waals surface area contributed by atoms with Crippen molar-refractivity contribution in [2.45, 2.75) is 13.1 Å². The van der Waals surface area contributed by atoms with Gasteiger partial charge in [0.15, 0.2) is 0 Å². The molecule has 4 N–H and O–H groups in total.